The summed E-state index contributed by atoms with van der Waals surface area (Å²) in [6.45, 7) is 6.17. The average molecular weight is 378 g/mol. The summed E-state index contributed by atoms with van der Waals surface area (Å²) >= 11 is 0. The average Bonchev–Trinajstić information content (AvgIpc) is 3.10. The van der Waals surface area contributed by atoms with Crippen molar-refractivity contribution in [2.45, 2.75) is 19.9 Å². The summed E-state index contributed by atoms with van der Waals surface area (Å²) in [6, 6.07) is 12.2. The second-order valence-electron chi connectivity index (χ2n) is 7.68. The predicted molar refractivity (Wildman–Crippen MR) is 108 cm³/mol. The zero-order chi connectivity index (χ0) is 19.5. The molecule has 28 heavy (non-hydrogen) atoms. The molecule has 6 nitrogen and oxygen atoms in total. The molecule has 4 rings (SSSR count). The summed E-state index contributed by atoms with van der Waals surface area (Å²) in [5.74, 6) is -0.0195. The van der Waals surface area contributed by atoms with Crippen LogP contribution in [0, 0.1) is 12.8 Å². The lowest BCUT2D eigenvalue weighted by Crippen LogP contribution is -2.50. The molecule has 0 N–H and O–H groups in total. The van der Waals surface area contributed by atoms with Crippen molar-refractivity contribution in [1.82, 2.24) is 14.8 Å². The van der Waals surface area contributed by atoms with Crippen molar-refractivity contribution in [3.8, 4) is 0 Å². The van der Waals surface area contributed by atoms with Gasteiger partial charge in [0.05, 0.1) is 5.92 Å². The molecule has 0 spiro atoms. The smallest absolute Gasteiger partial charge is 0.228 e. The van der Waals surface area contributed by atoms with Crippen LogP contribution in [-0.2, 0) is 16.1 Å². The number of likely N-dealkylation sites (tertiary alicyclic amines) is 1. The number of rotatable bonds is 4. The van der Waals surface area contributed by atoms with Crippen LogP contribution in [0.25, 0.3) is 0 Å². The Balaban J connectivity index is 1.32. The van der Waals surface area contributed by atoms with Crippen LogP contribution < -0.4 is 4.90 Å². The summed E-state index contributed by atoms with van der Waals surface area (Å²) in [4.78, 5) is 35.4. The zero-order valence-electron chi connectivity index (χ0n) is 16.3. The molecule has 1 unspecified atom stereocenters. The molecule has 2 amide bonds. The summed E-state index contributed by atoms with van der Waals surface area (Å²) in [7, 11) is 0. The Morgan fingerprint density at radius 2 is 1.71 bits per heavy atom. The van der Waals surface area contributed by atoms with Crippen molar-refractivity contribution in [2.75, 3.05) is 37.6 Å². The van der Waals surface area contributed by atoms with E-state index in [1.807, 2.05) is 28.9 Å². The van der Waals surface area contributed by atoms with E-state index in [0.29, 0.717) is 32.6 Å². The molecular weight excluding hydrogens is 352 g/mol. The van der Waals surface area contributed by atoms with Gasteiger partial charge >= 0.3 is 0 Å². The van der Waals surface area contributed by atoms with Crippen molar-refractivity contribution in [3.63, 3.8) is 0 Å². The number of carbonyl (C=O) groups excluding carboxylic acids is 2. The van der Waals surface area contributed by atoms with Gasteiger partial charge in [0, 0.05) is 63.8 Å². The molecule has 2 fully saturated rings. The van der Waals surface area contributed by atoms with E-state index in [-0.39, 0.29) is 17.7 Å². The topological polar surface area (TPSA) is 56.8 Å². The minimum absolute atomic E-state index is 0.0781. The molecule has 0 bridgehead atoms. The third-order valence-electron chi connectivity index (χ3n) is 5.68. The van der Waals surface area contributed by atoms with Gasteiger partial charge < -0.3 is 14.7 Å². The van der Waals surface area contributed by atoms with Crippen molar-refractivity contribution in [2.24, 2.45) is 5.92 Å². The van der Waals surface area contributed by atoms with Crippen LogP contribution in [0.3, 0.4) is 0 Å². The first kappa shape index (κ1) is 18.5. The lowest BCUT2D eigenvalue weighted by molar-refractivity contribution is -0.136. The molecule has 1 aromatic carbocycles. The van der Waals surface area contributed by atoms with Gasteiger partial charge in [-0.25, -0.2) is 0 Å². The third kappa shape index (κ3) is 4.01. The molecular formula is C22H26N4O2. The zero-order valence-corrected chi connectivity index (χ0v) is 16.3. The van der Waals surface area contributed by atoms with Gasteiger partial charge in [0.25, 0.3) is 0 Å². The highest BCUT2D eigenvalue weighted by molar-refractivity contribution is 5.89. The summed E-state index contributed by atoms with van der Waals surface area (Å²) in [5.41, 5.74) is 3.45. The van der Waals surface area contributed by atoms with Gasteiger partial charge in [-0.3, -0.25) is 14.6 Å². The molecule has 6 heteroatoms. The normalized spacial score (nSPS) is 20.0. The number of amides is 2. The van der Waals surface area contributed by atoms with Gasteiger partial charge in [0.15, 0.2) is 0 Å². The summed E-state index contributed by atoms with van der Waals surface area (Å²) < 4.78 is 0. The van der Waals surface area contributed by atoms with Gasteiger partial charge in [-0.1, -0.05) is 29.8 Å². The van der Waals surface area contributed by atoms with Crippen molar-refractivity contribution in [3.05, 3.63) is 59.9 Å². The minimum Gasteiger partial charge on any atom is -0.368 e. The van der Waals surface area contributed by atoms with Crippen molar-refractivity contribution >= 4 is 17.5 Å². The van der Waals surface area contributed by atoms with E-state index >= 15 is 0 Å². The number of aromatic nitrogens is 1. The maximum Gasteiger partial charge on any atom is 0.228 e. The Hall–Kier alpha value is -2.89. The first-order chi connectivity index (χ1) is 13.6. The summed E-state index contributed by atoms with van der Waals surface area (Å²) in [6.07, 6.45) is 3.91. The number of hydrogen-bond donors (Lipinski definition) is 0. The number of carbonyl (C=O) groups is 2. The first-order valence-electron chi connectivity index (χ1n) is 9.87. The van der Waals surface area contributed by atoms with Gasteiger partial charge in [-0.2, -0.15) is 0 Å². The Morgan fingerprint density at radius 1 is 1.04 bits per heavy atom. The van der Waals surface area contributed by atoms with Crippen LogP contribution in [0.5, 0.6) is 0 Å². The maximum atomic E-state index is 13.0. The fourth-order valence-corrected chi connectivity index (χ4v) is 4.00. The predicted octanol–water partition coefficient (Wildman–Crippen LogP) is 2.09. The van der Waals surface area contributed by atoms with Gasteiger partial charge in [0.2, 0.25) is 11.8 Å². The standard InChI is InChI=1S/C22H26N4O2/c1-17-2-4-18(5-3-17)15-26-16-19(14-21(26)27)22(28)25-12-10-24(11-13-25)20-6-8-23-9-7-20/h2-9,19H,10-16H2,1H3. The highest BCUT2D eigenvalue weighted by Gasteiger charge is 2.37. The van der Waals surface area contributed by atoms with Crippen LogP contribution in [0.15, 0.2) is 48.8 Å². The van der Waals surface area contributed by atoms with Crippen LogP contribution in [-0.4, -0.2) is 59.3 Å². The lowest BCUT2D eigenvalue weighted by atomic mass is 10.1. The fraction of sp³-hybridized carbons (Fsp3) is 0.409. The van der Waals surface area contributed by atoms with Crippen molar-refractivity contribution < 1.29 is 9.59 Å². The third-order valence-corrected chi connectivity index (χ3v) is 5.68. The van der Waals surface area contributed by atoms with E-state index in [1.54, 1.807) is 12.4 Å². The molecule has 1 aromatic heterocycles. The number of aryl methyl sites for hydroxylation is 1. The SMILES string of the molecule is Cc1ccc(CN2CC(C(=O)N3CCN(c4ccncc4)CC3)CC2=O)cc1. The summed E-state index contributed by atoms with van der Waals surface area (Å²) in [5, 5.41) is 0. The largest absolute Gasteiger partial charge is 0.368 e. The molecule has 2 saturated heterocycles. The number of benzene rings is 1. The minimum atomic E-state index is -0.217. The van der Waals surface area contributed by atoms with Gasteiger partial charge in [0.1, 0.15) is 0 Å². The number of anilines is 1. The highest BCUT2D eigenvalue weighted by Crippen LogP contribution is 2.24. The Morgan fingerprint density at radius 3 is 2.39 bits per heavy atom. The van der Waals surface area contributed by atoms with E-state index < -0.39 is 0 Å². The Bertz CT molecular complexity index is 829. The number of pyridine rings is 1. The molecule has 0 saturated carbocycles. The van der Waals surface area contributed by atoms with Crippen LogP contribution in [0.4, 0.5) is 5.69 Å². The lowest BCUT2D eigenvalue weighted by Gasteiger charge is -2.37. The van der Waals surface area contributed by atoms with E-state index in [2.05, 4.69) is 34.1 Å². The number of nitrogens with zero attached hydrogens (tertiary/aromatic N) is 4. The van der Waals surface area contributed by atoms with Crippen molar-refractivity contribution in [1.29, 1.82) is 0 Å². The maximum absolute atomic E-state index is 13.0. The molecule has 2 aliphatic rings. The van der Waals surface area contributed by atoms with Crippen LogP contribution >= 0.6 is 0 Å². The second kappa shape index (κ2) is 8.00. The highest BCUT2D eigenvalue weighted by atomic mass is 16.2. The van der Waals surface area contributed by atoms with Crippen LogP contribution in [0.1, 0.15) is 17.5 Å². The number of hydrogen-bond acceptors (Lipinski definition) is 4. The molecule has 1 atom stereocenters. The second-order valence-corrected chi connectivity index (χ2v) is 7.68. The Labute approximate surface area is 165 Å². The van der Waals surface area contributed by atoms with E-state index in [9.17, 15) is 9.59 Å². The van der Waals surface area contributed by atoms with Gasteiger partial charge in [-0.05, 0) is 24.6 Å². The molecule has 146 valence electrons. The molecule has 2 aliphatic heterocycles. The first-order valence-corrected chi connectivity index (χ1v) is 9.87. The number of piperazine rings is 1. The molecule has 3 heterocycles. The van der Waals surface area contributed by atoms with Gasteiger partial charge in [-0.15, -0.1) is 0 Å². The molecule has 0 radical (unpaired) electrons. The monoisotopic (exact) mass is 378 g/mol. The van der Waals surface area contributed by atoms with E-state index in [1.165, 1.54) is 5.56 Å². The fourth-order valence-electron chi connectivity index (χ4n) is 4.00. The quantitative estimate of drug-likeness (QED) is 0.818. The molecule has 2 aromatic rings. The van der Waals surface area contributed by atoms with Crippen LogP contribution in [0.2, 0.25) is 0 Å². The van der Waals surface area contributed by atoms with E-state index in [0.717, 1.165) is 24.3 Å². The Kier molecular flexibility index (Phi) is 5.28. The molecule has 0 aliphatic carbocycles. The van der Waals surface area contributed by atoms with E-state index in [4.69, 9.17) is 0 Å².